The molecule has 12 heavy (non-hydrogen) atoms. The maximum absolute atomic E-state index is 4.42. The van der Waals surface area contributed by atoms with E-state index >= 15 is 0 Å². The summed E-state index contributed by atoms with van der Waals surface area (Å²) in [4.78, 5) is 8.72. The minimum absolute atomic E-state index is 0.0294. The van der Waals surface area contributed by atoms with Gasteiger partial charge in [-0.1, -0.05) is 6.08 Å². The van der Waals surface area contributed by atoms with Crippen molar-refractivity contribution >= 4 is 12.4 Å². The molecule has 2 rings (SSSR count). The maximum Gasteiger partial charge on any atom is 0.0670 e. The molecule has 2 aliphatic rings. The van der Waals surface area contributed by atoms with Gasteiger partial charge < -0.3 is 0 Å². The molecule has 0 spiro atoms. The number of fused-ring (bicyclic) bond motifs is 1. The highest BCUT2D eigenvalue weighted by atomic mass is 14.9. The number of allylic oxidation sites excluding steroid dienone is 2. The van der Waals surface area contributed by atoms with Gasteiger partial charge in [-0.15, -0.1) is 0 Å². The first-order valence-corrected chi connectivity index (χ1v) is 4.16. The number of dihydropyridines is 2. The molecule has 0 fully saturated rings. The molecule has 0 radical (unpaired) electrons. The Labute approximate surface area is 72.4 Å². The first kappa shape index (κ1) is 7.47. The quantitative estimate of drug-likeness (QED) is 0.517. The molecule has 2 aliphatic heterocycles. The van der Waals surface area contributed by atoms with Crippen LogP contribution < -0.4 is 0 Å². The second kappa shape index (κ2) is 2.41. The SMILES string of the molecule is CC1(C)N=CC=C2N=CC=CC21. The highest BCUT2D eigenvalue weighted by molar-refractivity contribution is 5.79. The summed E-state index contributed by atoms with van der Waals surface area (Å²) in [6.45, 7) is 4.26. The molecule has 2 heterocycles. The maximum atomic E-state index is 4.42. The Bertz CT molecular complexity index is 306. The van der Waals surface area contributed by atoms with Crippen LogP contribution in [0.25, 0.3) is 0 Å². The van der Waals surface area contributed by atoms with Gasteiger partial charge in [-0.3, -0.25) is 9.98 Å². The predicted octanol–water partition coefficient (Wildman–Crippen LogP) is 1.99. The van der Waals surface area contributed by atoms with Crippen LogP contribution in [0.5, 0.6) is 0 Å². The lowest BCUT2D eigenvalue weighted by molar-refractivity contribution is 0.424. The van der Waals surface area contributed by atoms with Gasteiger partial charge in [0.25, 0.3) is 0 Å². The van der Waals surface area contributed by atoms with Crippen molar-refractivity contribution in [3.05, 3.63) is 23.9 Å². The molecule has 0 saturated carbocycles. The van der Waals surface area contributed by atoms with Crippen molar-refractivity contribution in [2.24, 2.45) is 15.9 Å². The predicted molar refractivity (Wildman–Crippen MR) is 51.8 cm³/mol. The van der Waals surface area contributed by atoms with Crippen LogP contribution in [0.4, 0.5) is 0 Å². The normalized spacial score (nSPS) is 29.8. The fraction of sp³-hybridized carbons (Fsp3) is 0.400. The number of hydrogen-bond donors (Lipinski definition) is 0. The third-order valence-corrected chi connectivity index (χ3v) is 2.35. The van der Waals surface area contributed by atoms with E-state index in [-0.39, 0.29) is 5.54 Å². The lowest BCUT2D eigenvalue weighted by atomic mass is 9.82. The van der Waals surface area contributed by atoms with Crippen LogP contribution >= 0.6 is 0 Å². The van der Waals surface area contributed by atoms with E-state index in [9.17, 15) is 0 Å². The van der Waals surface area contributed by atoms with Gasteiger partial charge in [0, 0.05) is 18.3 Å². The lowest BCUT2D eigenvalue weighted by Gasteiger charge is -2.32. The lowest BCUT2D eigenvalue weighted by Crippen LogP contribution is -2.32. The summed E-state index contributed by atoms with van der Waals surface area (Å²) in [5, 5.41) is 0. The van der Waals surface area contributed by atoms with Gasteiger partial charge in [-0.2, -0.15) is 0 Å². The molecular formula is C10H12N2. The summed E-state index contributed by atoms with van der Waals surface area (Å²) in [5.41, 5.74) is 1.09. The van der Waals surface area contributed by atoms with E-state index in [1.54, 1.807) is 0 Å². The molecule has 1 atom stereocenters. The molecule has 0 bridgehead atoms. The van der Waals surface area contributed by atoms with Crippen molar-refractivity contribution in [1.82, 2.24) is 0 Å². The Kier molecular flexibility index (Phi) is 1.50. The van der Waals surface area contributed by atoms with Crippen molar-refractivity contribution in [1.29, 1.82) is 0 Å². The van der Waals surface area contributed by atoms with E-state index in [2.05, 4.69) is 29.9 Å². The Morgan fingerprint density at radius 3 is 2.92 bits per heavy atom. The molecule has 2 heteroatoms. The van der Waals surface area contributed by atoms with E-state index in [1.165, 1.54) is 0 Å². The summed E-state index contributed by atoms with van der Waals surface area (Å²) in [7, 11) is 0. The minimum atomic E-state index is -0.0294. The molecule has 0 aromatic carbocycles. The second-order valence-electron chi connectivity index (χ2n) is 3.66. The van der Waals surface area contributed by atoms with Crippen LogP contribution in [0.1, 0.15) is 13.8 Å². The fourth-order valence-corrected chi connectivity index (χ4v) is 1.60. The topological polar surface area (TPSA) is 24.7 Å². The molecule has 1 unspecified atom stereocenters. The van der Waals surface area contributed by atoms with Gasteiger partial charge in [0.1, 0.15) is 0 Å². The van der Waals surface area contributed by atoms with Crippen molar-refractivity contribution in [2.75, 3.05) is 0 Å². The van der Waals surface area contributed by atoms with Gasteiger partial charge in [0.2, 0.25) is 0 Å². The van der Waals surface area contributed by atoms with Crippen LogP contribution in [0, 0.1) is 5.92 Å². The standard InChI is InChI=1S/C10H12N2/c1-10(2)8-4-3-6-11-9(8)5-7-12-10/h3-8H,1-2H3. The van der Waals surface area contributed by atoms with Crippen LogP contribution in [-0.2, 0) is 0 Å². The summed E-state index contributed by atoms with van der Waals surface area (Å²) in [6, 6.07) is 0. The Morgan fingerprint density at radius 1 is 1.33 bits per heavy atom. The van der Waals surface area contributed by atoms with Crippen LogP contribution in [0.15, 0.2) is 33.9 Å². The zero-order valence-electron chi connectivity index (χ0n) is 7.36. The Morgan fingerprint density at radius 2 is 2.17 bits per heavy atom. The largest absolute Gasteiger partial charge is 0.286 e. The smallest absolute Gasteiger partial charge is 0.0670 e. The van der Waals surface area contributed by atoms with E-state index in [0.29, 0.717) is 5.92 Å². The molecule has 2 nitrogen and oxygen atoms in total. The molecule has 0 N–H and O–H groups in total. The summed E-state index contributed by atoms with van der Waals surface area (Å²) >= 11 is 0. The van der Waals surface area contributed by atoms with Gasteiger partial charge in [0.15, 0.2) is 0 Å². The van der Waals surface area contributed by atoms with E-state index < -0.39 is 0 Å². The molecule has 0 aliphatic carbocycles. The summed E-state index contributed by atoms with van der Waals surface area (Å²) in [6.07, 6.45) is 9.82. The number of aliphatic imine (C=N–C) groups is 2. The summed E-state index contributed by atoms with van der Waals surface area (Å²) < 4.78 is 0. The average Bonchev–Trinajstić information content (AvgIpc) is 2.04. The van der Waals surface area contributed by atoms with Crippen LogP contribution in [-0.4, -0.2) is 18.0 Å². The molecule has 0 amide bonds. The Balaban J connectivity index is 2.42. The van der Waals surface area contributed by atoms with E-state index in [1.807, 2.05) is 24.6 Å². The zero-order valence-corrected chi connectivity index (χ0v) is 7.36. The van der Waals surface area contributed by atoms with Crippen LogP contribution in [0.3, 0.4) is 0 Å². The summed E-state index contributed by atoms with van der Waals surface area (Å²) in [5.74, 6) is 0.354. The van der Waals surface area contributed by atoms with E-state index in [4.69, 9.17) is 0 Å². The zero-order chi connectivity index (χ0) is 8.60. The third kappa shape index (κ3) is 1.04. The fourth-order valence-electron chi connectivity index (χ4n) is 1.60. The first-order chi connectivity index (χ1) is 5.70. The number of rotatable bonds is 0. The van der Waals surface area contributed by atoms with Gasteiger partial charge in [-0.05, 0) is 26.0 Å². The minimum Gasteiger partial charge on any atom is -0.286 e. The van der Waals surface area contributed by atoms with Crippen molar-refractivity contribution < 1.29 is 0 Å². The molecule has 0 saturated heterocycles. The molecule has 0 aromatic rings. The van der Waals surface area contributed by atoms with Crippen LogP contribution in [0.2, 0.25) is 0 Å². The highest BCUT2D eigenvalue weighted by Crippen LogP contribution is 2.33. The van der Waals surface area contributed by atoms with Crippen molar-refractivity contribution in [2.45, 2.75) is 19.4 Å². The molecule has 62 valence electrons. The highest BCUT2D eigenvalue weighted by Gasteiger charge is 2.31. The van der Waals surface area contributed by atoms with Gasteiger partial charge in [0.05, 0.1) is 11.2 Å². The Hall–Kier alpha value is -1.18. The van der Waals surface area contributed by atoms with Gasteiger partial charge in [-0.25, -0.2) is 0 Å². The first-order valence-electron chi connectivity index (χ1n) is 4.16. The average molecular weight is 160 g/mol. The third-order valence-electron chi connectivity index (χ3n) is 2.35. The molecule has 0 aromatic heterocycles. The van der Waals surface area contributed by atoms with Crippen molar-refractivity contribution in [3.8, 4) is 0 Å². The number of hydrogen-bond acceptors (Lipinski definition) is 2. The molecular weight excluding hydrogens is 148 g/mol. The van der Waals surface area contributed by atoms with E-state index in [0.717, 1.165) is 5.70 Å². The number of nitrogens with zero attached hydrogens (tertiary/aromatic N) is 2. The van der Waals surface area contributed by atoms with Gasteiger partial charge >= 0.3 is 0 Å². The van der Waals surface area contributed by atoms with Crippen molar-refractivity contribution in [3.63, 3.8) is 0 Å². The second-order valence-corrected chi connectivity index (χ2v) is 3.66. The monoisotopic (exact) mass is 160 g/mol.